The van der Waals surface area contributed by atoms with Gasteiger partial charge in [-0.05, 0) is 36.8 Å². The highest BCUT2D eigenvalue weighted by Crippen LogP contribution is 2.33. The van der Waals surface area contributed by atoms with Crippen LogP contribution in [0.15, 0.2) is 65.6 Å². The van der Waals surface area contributed by atoms with Gasteiger partial charge in [-0.1, -0.05) is 18.2 Å². The van der Waals surface area contributed by atoms with Crippen molar-refractivity contribution >= 4 is 33.0 Å². The Morgan fingerprint density at radius 3 is 2.37 bits per heavy atom. The molecule has 0 bridgehead atoms. The fourth-order valence-electron chi connectivity index (χ4n) is 3.24. The molecule has 0 radical (unpaired) electrons. The van der Waals surface area contributed by atoms with E-state index in [1.165, 1.54) is 62.8 Å². The molecule has 0 aliphatic carbocycles. The molecule has 1 amide bonds. The number of para-hydroxylation sites is 1. The number of hydrogen-bond donors (Lipinski definition) is 1. The molecule has 12 heteroatoms. The number of nitrogens with one attached hydrogen (secondary N) is 1. The average molecular weight is 504 g/mol. The molecule has 1 N–H and O–H groups in total. The van der Waals surface area contributed by atoms with Gasteiger partial charge >= 0.3 is 0 Å². The highest BCUT2D eigenvalue weighted by molar-refractivity contribution is 7.92. The molecule has 0 aromatic heterocycles. The number of nitrogens with zero attached hydrogens (tertiary/aromatic N) is 2. The third-order valence-electron chi connectivity index (χ3n) is 5.06. The summed E-state index contributed by atoms with van der Waals surface area (Å²) < 4.78 is 52.7. The molecule has 0 heterocycles. The Hall–Kier alpha value is -4.19. The Morgan fingerprint density at radius 2 is 1.74 bits per heavy atom. The van der Waals surface area contributed by atoms with Crippen LogP contribution in [0.2, 0.25) is 0 Å². The maximum Gasteiger partial charge on any atom is 0.271 e. The van der Waals surface area contributed by atoms with Gasteiger partial charge in [0.05, 0.1) is 35.4 Å². The number of sulfonamides is 1. The molecule has 0 aliphatic heterocycles. The molecule has 0 unspecified atom stereocenters. The van der Waals surface area contributed by atoms with Crippen LogP contribution in [0.5, 0.6) is 11.5 Å². The Bertz CT molecular complexity index is 1380. The summed E-state index contributed by atoms with van der Waals surface area (Å²) in [5.74, 6) is -1.29. The van der Waals surface area contributed by atoms with Gasteiger partial charge in [0.1, 0.15) is 12.4 Å². The van der Waals surface area contributed by atoms with Crippen molar-refractivity contribution in [1.82, 2.24) is 0 Å². The zero-order valence-corrected chi connectivity index (χ0v) is 19.8. The average Bonchev–Trinajstić information content (AvgIpc) is 2.83. The van der Waals surface area contributed by atoms with Crippen LogP contribution in [-0.4, -0.2) is 40.0 Å². The van der Waals surface area contributed by atoms with E-state index in [2.05, 4.69) is 5.32 Å². The van der Waals surface area contributed by atoms with Gasteiger partial charge in [-0.3, -0.25) is 19.2 Å². The number of amides is 1. The molecule has 3 aromatic carbocycles. The van der Waals surface area contributed by atoms with Crippen LogP contribution in [0.4, 0.5) is 21.5 Å². The normalized spacial score (nSPS) is 11.0. The summed E-state index contributed by atoms with van der Waals surface area (Å²) in [5, 5.41) is 13.6. The number of non-ortho nitro benzene ring substituents is 1. The Labute approximate surface area is 201 Å². The summed E-state index contributed by atoms with van der Waals surface area (Å²) in [6.07, 6.45) is 0. The van der Waals surface area contributed by atoms with Crippen molar-refractivity contribution in [1.29, 1.82) is 0 Å². The SMILES string of the molecule is COc1ccc(S(=O)(=O)N(CC(=O)Nc2cc([N+](=O)[O-])ccc2C)c2ccccc2F)cc1OC. The van der Waals surface area contributed by atoms with Gasteiger partial charge in [0.15, 0.2) is 11.5 Å². The maximum atomic E-state index is 14.7. The molecule has 0 fully saturated rings. The van der Waals surface area contributed by atoms with Gasteiger partial charge in [0.2, 0.25) is 5.91 Å². The smallest absolute Gasteiger partial charge is 0.271 e. The fraction of sp³-hybridized carbons (Fsp3) is 0.174. The van der Waals surface area contributed by atoms with Crippen molar-refractivity contribution in [2.75, 3.05) is 30.4 Å². The first kappa shape index (κ1) is 25.4. The molecule has 184 valence electrons. The number of aryl methyl sites for hydroxylation is 1. The number of hydrogen-bond acceptors (Lipinski definition) is 7. The molecular formula is C23H22FN3O7S. The second-order valence-corrected chi connectivity index (χ2v) is 9.15. The third-order valence-corrected chi connectivity index (χ3v) is 6.81. The number of anilines is 2. The summed E-state index contributed by atoms with van der Waals surface area (Å²) in [5.41, 5.74) is 0.0355. The number of benzene rings is 3. The number of carbonyl (C=O) groups excluding carboxylic acids is 1. The number of carbonyl (C=O) groups is 1. The van der Waals surface area contributed by atoms with Gasteiger partial charge in [0.25, 0.3) is 15.7 Å². The lowest BCUT2D eigenvalue weighted by Gasteiger charge is -2.25. The van der Waals surface area contributed by atoms with Crippen LogP contribution >= 0.6 is 0 Å². The van der Waals surface area contributed by atoms with Crippen LogP contribution in [0.1, 0.15) is 5.56 Å². The molecule has 0 atom stereocenters. The minimum Gasteiger partial charge on any atom is -0.493 e. The minimum atomic E-state index is -4.46. The summed E-state index contributed by atoms with van der Waals surface area (Å²) in [6, 6.07) is 12.8. The lowest BCUT2D eigenvalue weighted by molar-refractivity contribution is -0.384. The van der Waals surface area contributed by atoms with Crippen molar-refractivity contribution in [3.63, 3.8) is 0 Å². The van der Waals surface area contributed by atoms with Gasteiger partial charge in [0, 0.05) is 18.2 Å². The highest BCUT2D eigenvalue weighted by Gasteiger charge is 2.30. The predicted octanol–water partition coefficient (Wildman–Crippen LogP) is 3.89. The fourth-order valence-corrected chi connectivity index (χ4v) is 4.68. The summed E-state index contributed by atoms with van der Waals surface area (Å²) in [6.45, 7) is 0.814. The van der Waals surface area contributed by atoms with E-state index in [0.29, 0.717) is 9.87 Å². The van der Waals surface area contributed by atoms with Crippen molar-refractivity contribution in [3.05, 3.63) is 82.2 Å². The lowest BCUT2D eigenvalue weighted by atomic mass is 10.2. The Kier molecular flexibility index (Phi) is 7.55. The molecule has 10 nitrogen and oxygen atoms in total. The monoisotopic (exact) mass is 503 g/mol. The lowest BCUT2D eigenvalue weighted by Crippen LogP contribution is -2.38. The molecule has 3 rings (SSSR count). The van der Waals surface area contributed by atoms with Gasteiger partial charge in [-0.2, -0.15) is 0 Å². The summed E-state index contributed by atoms with van der Waals surface area (Å²) >= 11 is 0. The molecule has 35 heavy (non-hydrogen) atoms. The van der Waals surface area contributed by atoms with E-state index in [-0.39, 0.29) is 33.5 Å². The summed E-state index contributed by atoms with van der Waals surface area (Å²) in [7, 11) is -1.75. The third kappa shape index (κ3) is 5.49. The molecule has 3 aromatic rings. The van der Waals surface area contributed by atoms with Crippen molar-refractivity contribution in [2.45, 2.75) is 11.8 Å². The highest BCUT2D eigenvalue weighted by atomic mass is 32.2. The second-order valence-electron chi connectivity index (χ2n) is 7.28. The number of nitro groups is 1. The molecule has 0 aliphatic rings. The number of nitro benzene ring substituents is 1. The molecular weight excluding hydrogens is 481 g/mol. The van der Waals surface area contributed by atoms with E-state index >= 15 is 0 Å². The number of ether oxygens (including phenoxy) is 2. The predicted molar refractivity (Wildman–Crippen MR) is 127 cm³/mol. The first-order valence-electron chi connectivity index (χ1n) is 10.1. The van der Waals surface area contributed by atoms with E-state index < -0.39 is 33.2 Å². The van der Waals surface area contributed by atoms with E-state index in [4.69, 9.17) is 9.47 Å². The minimum absolute atomic E-state index is 0.124. The van der Waals surface area contributed by atoms with Gasteiger partial charge in [-0.15, -0.1) is 0 Å². The zero-order chi connectivity index (χ0) is 25.8. The first-order valence-corrected chi connectivity index (χ1v) is 11.6. The number of halogens is 1. The first-order chi connectivity index (χ1) is 16.6. The zero-order valence-electron chi connectivity index (χ0n) is 19.0. The van der Waals surface area contributed by atoms with Gasteiger partial charge in [-0.25, -0.2) is 12.8 Å². The van der Waals surface area contributed by atoms with E-state index in [0.717, 1.165) is 12.1 Å². The summed E-state index contributed by atoms with van der Waals surface area (Å²) in [4.78, 5) is 23.1. The maximum absolute atomic E-state index is 14.7. The van der Waals surface area contributed by atoms with Crippen molar-refractivity contribution in [3.8, 4) is 11.5 Å². The van der Waals surface area contributed by atoms with Crippen LogP contribution in [0.25, 0.3) is 0 Å². The van der Waals surface area contributed by atoms with Crippen molar-refractivity contribution < 1.29 is 32.0 Å². The second kappa shape index (κ2) is 10.4. The Balaban J connectivity index is 2.02. The molecule has 0 spiro atoms. The van der Waals surface area contributed by atoms with Crippen LogP contribution < -0.4 is 19.1 Å². The van der Waals surface area contributed by atoms with E-state index in [1.807, 2.05) is 0 Å². The van der Waals surface area contributed by atoms with Crippen molar-refractivity contribution in [2.24, 2.45) is 0 Å². The van der Waals surface area contributed by atoms with E-state index in [1.54, 1.807) is 6.92 Å². The molecule has 0 saturated heterocycles. The van der Waals surface area contributed by atoms with Crippen LogP contribution in [0.3, 0.4) is 0 Å². The number of rotatable bonds is 9. The topological polar surface area (TPSA) is 128 Å². The molecule has 0 saturated carbocycles. The van der Waals surface area contributed by atoms with E-state index in [9.17, 15) is 27.7 Å². The standard InChI is InChI=1S/C23H22FN3O7S/c1-15-8-9-16(27(29)30)12-19(15)25-23(28)14-26(20-7-5-4-6-18(20)24)35(31,32)17-10-11-21(33-2)22(13-17)34-3/h4-13H,14H2,1-3H3,(H,25,28). The van der Waals surface area contributed by atoms with Crippen LogP contribution in [-0.2, 0) is 14.8 Å². The largest absolute Gasteiger partial charge is 0.493 e. The quantitative estimate of drug-likeness (QED) is 0.346. The number of methoxy groups -OCH3 is 2. The van der Waals surface area contributed by atoms with Crippen LogP contribution in [0, 0.1) is 22.9 Å². The van der Waals surface area contributed by atoms with Gasteiger partial charge < -0.3 is 14.8 Å². The Morgan fingerprint density at radius 1 is 1.06 bits per heavy atom.